The summed E-state index contributed by atoms with van der Waals surface area (Å²) in [6.45, 7) is 4.19. The molecule has 1 aromatic carbocycles. The second-order valence-electron chi connectivity index (χ2n) is 8.76. The van der Waals surface area contributed by atoms with E-state index in [2.05, 4.69) is 35.2 Å². The monoisotopic (exact) mass is 434 g/mol. The molecule has 5 rings (SSSR count). The fourth-order valence-electron chi connectivity index (χ4n) is 4.77. The number of aryl methyl sites for hydroxylation is 2. The summed E-state index contributed by atoms with van der Waals surface area (Å²) in [7, 11) is 0. The average Bonchev–Trinajstić information content (AvgIpc) is 3.10. The molecule has 0 radical (unpaired) electrons. The van der Waals surface area contributed by atoms with Crippen LogP contribution in [0.1, 0.15) is 52.2 Å². The van der Waals surface area contributed by atoms with E-state index in [1.54, 1.807) is 0 Å². The van der Waals surface area contributed by atoms with E-state index in [1.807, 2.05) is 11.0 Å². The maximum absolute atomic E-state index is 13.3. The Morgan fingerprint density at radius 2 is 1.74 bits per heavy atom. The summed E-state index contributed by atoms with van der Waals surface area (Å²) < 4.78 is 0. The van der Waals surface area contributed by atoms with Gasteiger partial charge in [0.25, 0.3) is 5.91 Å². The maximum Gasteiger partial charge on any atom is 0.266 e. The molecule has 1 saturated heterocycles. The van der Waals surface area contributed by atoms with Crippen LogP contribution in [0.5, 0.6) is 0 Å². The van der Waals surface area contributed by atoms with Gasteiger partial charge >= 0.3 is 0 Å². The van der Waals surface area contributed by atoms with Crippen molar-refractivity contribution < 1.29 is 4.79 Å². The summed E-state index contributed by atoms with van der Waals surface area (Å²) in [6.07, 6.45) is 7.09. The van der Waals surface area contributed by atoms with Crippen LogP contribution in [0.25, 0.3) is 10.2 Å². The number of nitrogens with two attached hydrogens (primary N) is 1. The van der Waals surface area contributed by atoms with Gasteiger partial charge in [0.1, 0.15) is 9.71 Å². The van der Waals surface area contributed by atoms with Gasteiger partial charge in [0.05, 0.1) is 5.69 Å². The Morgan fingerprint density at radius 1 is 1.00 bits per heavy atom. The zero-order valence-corrected chi connectivity index (χ0v) is 18.8. The molecule has 0 spiro atoms. The second kappa shape index (κ2) is 8.97. The highest BCUT2D eigenvalue weighted by Gasteiger charge is 2.26. The molecule has 2 aliphatic rings. The van der Waals surface area contributed by atoms with Gasteiger partial charge in [-0.1, -0.05) is 43.2 Å². The van der Waals surface area contributed by atoms with Gasteiger partial charge in [-0.15, -0.1) is 11.3 Å². The first-order valence-corrected chi connectivity index (χ1v) is 12.3. The van der Waals surface area contributed by atoms with Crippen molar-refractivity contribution in [2.24, 2.45) is 0 Å². The molecule has 1 amide bonds. The summed E-state index contributed by atoms with van der Waals surface area (Å²) in [5, 5.41) is 0.968. The summed E-state index contributed by atoms with van der Waals surface area (Å²) in [4.78, 5) is 24.2. The first-order chi connectivity index (χ1) is 15.2. The number of amides is 1. The SMILES string of the molecule is Nc1c(C(=O)N2CCN(Cc3ccccc3)CC2)sc2nc3c(cc12)CCCCCC3. The van der Waals surface area contributed by atoms with Crippen LogP contribution in [0, 0.1) is 0 Å². The minimum Gasteiger partial charge on any atom is -0.397 e. The van der Waals surface area contributed by atoms with Crippen molar-refractivity contribution in [3.8, 4) is 0 Å². The zero-order chi connectivity index (χ0) is 21.2. The molecule has 0 saturated carbocycles. The van der Waals surface area contributed by atoms with Gasteiger partial charge in [-0.2, -0.15) is 0 Å². The van der Waals surface area contributed by atoms with Gasteiger partial charge in [-0.25, -0.2) is 4.98 Å². The number of carbonyl (C=O) groups excluding carboxylic acids is 1. The molecule has 5 nitrogen and oxygen atoms in total. The van der Waals surface area contributed by atoms with E-state index in [1.165, 1.54) is 53.8 Å². The minimum atomic E-state index is 0.0623. The molecule has 1 aliphatic carbocycles. The molecule has 1 aliphatic heterocycles. The van der Waals surface area contributed by atoms with Gasteiger partial charge < -0.3 is 10.6 Å². The normalized spacial score (nSPS) is 17.9. The average molecular weight is 435 g/mol. The first-order valence-electron chi connectivity index (χ1n) is 11.5. The second-order valence-corrected chi connectivity index (χ2v) is 9.76. The van der Waals surface area contributed by atoms with E-state index in [-0.39, 0.29) is 5.91 Å². The van der Waals surface area contributed by atoms with Crippen molar-refractivity contribution in [2.45, 2.75) is 45.1 Å². The highest BCUT2D eigenvalue weighted by atomic mass is 32.1. The number of pyridine rings is 1. The quantitative estimate of drug-likeness (QED) is 0.659. The van der Waals surface area contributed by atoms with Crippen LogP contribution >= 0.6 is 11.3 Å². The third-order valence-electron chi connectivity index (χ3n) is 6.60. The van der Waals surface area contributed by atoms with Crippen LogP contribution in [0.3, 0.4) is 0 Å². The summed E-state index contributed by atoms with van der Waals surface area (Å²) in [5.74, 6) is 0.0623. The first kappa shape index (κ1) is 20.5. The van der Waals surface area contributed by atoms with Crippen molar-refractivity contribution in [2.75, 3.05) is 31.9 Å². The molecule has 3 aromatic rings. The number of fused-ring (bicyclic) bond motifs is 2. The lowest BCUT2D eigenvalue weighted by molar-refractivity contribution is 0.0634. The number of hydrogen-bond acceptors (Lipinski definition) is 5. The standard InChI is InChI=1S/C25H30N4OS/c26-22-20-16-19-10-6-1-2-7-11-21(19)27-24(20)31-23(22)25(30)29-14-12-28(13-15-29)17-18-8-4-3-5-9-18/h3-5,8-9,16H,1-2,6-7,10-15,17,26H2. The van der Waals surface area contributed by atoms with Gasteiger partial charge in [-0.3, -0.25) is 9.69 Å². The van der Waals surface area contributed by atoms with E-state index in [0.717, 1.165) is 55.8 Å². The van der Waals surface area contributed by atoms with E-state index in [4.69, 9.17) is 10.7 Å². The molecule has 0 atom stereocenters. The Morgan fingerprint density at radius 3 is 2.52 bits per heavy atom. The van der Waals surface area contributed by atoms with E-state index in [0.29, 0.717) is 10.6 Å². The lowest BCUT2D eigenvalue weighted by Crippen LogP contribution is -2.48. The molecule has 162 valence electrons. The summed E-state index contributed by atoms with van der Waals surface area (Å²) >= 11 is 1.47. The molecule has 1 fully saturated rings. The number of anilines is 1. The summed E-state index contributed by atoms with van der Waals surface area (Å²) in [5.41, 5.74) is 11.0. The lowest BCUT2D eigenvalue weighted by Gasteiger charge is -2.34. The number of rotatable bonds is 3. The predicted octanol–water partition coefficient (Wildman–Crippen LogP) is 4.50. The smallest absolute Gasteiger partial charge is 0.266 e. The third-order valence-corrected chi connectivity index (χ3v) is 7.71. The number of thiophene rings is 1. The van der Waals surface area contributed by atoms with Gasteiger partial charge in [0.2, 0.25) is 0 Å². The van der Waals surface area contributed by atoms with Crippen molar-refractivity contribution in [1.82, 2.24) is 14.8 Å². The van der Waals surface area contributed by atoms with Crippen LogP contribution < -0.4 is 5.73 Å². The van der Waals surface area contributed by atoms with Gasteiger partial charge in [0.15, 0.2) is 0 Å². The molecule has 0 bridgehead atoms. The summed E-state index contributed by atoms with van der Waals surface area (Å²) in [6, 6.07) is 12.7. The largest absolute Gasteiger partial charge is 0.397 e. The third kappa shape index (κ3) is 4.32. The lowest BCUT2D eigenvalue weighted by atomic mass is 9.96. The molecule has 2 N–H and O–H groups in total. The molecule has 6 heteroatoms. The number of aromatic nitrogens is 1. The number of nitrogens with zero attached hydrogens (tertiary/aromatic N) is 3. The molecular weight excluding hydrogens is 404 g/mol. The molecule has 0 unspecified atom stereocenters. The van der Waals surface area contributed by atoms with Gasteiger partial charge in [0, 0.05) is 43.8 Å². The minimum absolute atomic E-state index is 0.0623. The predicted molar refractivity (Wildman–Crippen MR) is 128 cm³/mol. The maximum atomic E-state index is 13.3. The van der Waals surface area contributed by atoms with E-state index < -0.39 is 0 Å². The topological polar surface area (TPSA) is 62.5 Å². The Labute approximate surface area is 187 Å². The van der Waals surface area contributed by atoms with Crippen LogP contribution in [0.4, 0.5) is 5.69 Å². The Balaban J connectivity index is 1.31. The van der Waals surface area contributed by atoms with Crippen LogP contribution in [-0.2, 0) is 19.4 Å². The van der Waals surface area contributed by atoms with E-state index >= 15 is 0 Å². The van der Waals surface area contributed by atoms with Crippen LogP contribution in [-0.4, -0.2) is 46.9 Å². The van der Waals surface area contributed by atoms with Crippen molar-refractivity contribution in [3.63, 3.8) is 0 Å². The van der Waals surface area contributed by atoms with Crippen molar-refractivity contribution >= 4 is 33.1 Å². The molecular formula is C25H30N4OS. The zero-order valence-electron chi connectivity index (χ0n) is 18.0. The molecule has 3 heterocycles. The van der Waals surface area contributed by atoms with Crippen LogP contribution in [0.2, 0.25) is 0 Å². The van der Waals surface area contributed by atoms with Crippen LogP contribution in [0.15, 0.2) is 36.4 Å². The number of piperazine rings is 1. The van der Waals surface area contributed by atoms with Crippen molar-refractivity contribution in [3.05, 3.63) is 58.1 Å². The van der Waals surface area contributed by atoms with Crippen molar-refractivity contribution in [1.29, 1.82) is 0 Å². The Bertz CT molecular complexity index is 1070. The fraction of sp³-hybridized carbons (Fsp3) is 0.440. The van der Waals surface area contributed by atoms with Gasteiger partial charge in [-0.05, 0) is 42.9 Å². The number of hydrogen-bond donors (Lipinski definition) is 1. The Kier molecular flexibility index (Phi) is 5.92. The molecule has 2 aromatic heterocycles. The Hall–Kier alpha value is -2.44. The highest BCUT2D eigenvalue weighted by Crippen LogP contribution is 2.36. The number of carbonyl (C=O) groups is 1. The number of benzene rings is 1. The van der Waals surface area contributed by atoms with E-state index in [9.17, 15) is 4.79 Å². The number of nitrogen functional groups attached to an aromatic ring is 1. The highest BCUT2D eigenvalue weighted by molar-refractivity contribution is 7.21. The molecule has 31 heavy (non-hydrogen) atoms. The fourth-order valence-corrected chi connectivity index (χ4v) is 5.83.